The van der Waals surface area contributed by atoms with E-state index in [9.17, 15) is 14.3 Å². The van der Waals surface area contributed by atoms with Gasteiger partial charge >= 0.3 is 5.97 Å². The van der Waals surface area contributed by atoms with Crippen LogP contribution in [0, 0.1) is 12.7 Å². The molecule has 0 atom stereocenters. The first kappa shape index (κ1) is 12.2. The van der Waals surface area contributed by atoms with Gasteiger partial charge in [-0.2, -0.15) is 0 Å². The Labute approximate surface area is 110 Å². The minimum absolute atomic E-state index is 0.337. The third kappa shape index (κ3) is 1.66. The lowest BCUT2D eigenvalue weighted by Crippen LogP contribution is -2.33. The van der Waals surface area contributed by atoms with Crippen molar-refractivity contribution in [1.82, 2.24) is 4.98 Å². The van der Waals surface area contributed by atoms with Gasteiger partial charge in [-0.3, -0.25) is 4.79 Å². The maximum absolute atomic E-state index is 14.7. The third-order valence-electron chi connectivity index (χ3n) is 4.25. The summed E-state index contributed by atoms with van der Waals surface area (Å²) >= 11 is 0. The number of hydrogen-bond acceptors (Lipinski definition) is 1. The Morgan fingerprint density at radius 2 is 2.05 bits per heavy atom. The number of aromatic nitrogens is 1. The summed E-state index contributed by atoms with van der Waals surface area (Å²) < 4.78 is 14.7. The van der Waals surface area contributed by atoms with Gasteiger partial charge in [0.05, 0.1) is 5.41 Å². The minimum Gasteiger partial charge on any atom is -0.481 e. The molecular formula is C15H16FNO2. The van der Waals surface area contributed by atoms with Crippen molar-refractivity contribution in [2.75, 3.05) is 0 Å². The molecule has 100 valence electrons. The number of H-pyrrole nitrogens is 1. The van der Waals surface area contributed by atoms with Crippen LogP contribution in [0.5, 0.6) is 0 Å². The fourth-order valence-electron chi connectivity index (χ4n) is 3.25. The van der Waals surface area contributed by atoms with E-state index in [1.54, 1.807) is 18.2 Å². The smallest absolute Gasteiger partial charge is 0.314 e. The normalized spacial score (nSPS) is 18.0. The van der Waals surface area contributed by atoms with Gasteiger partial charge < -0.3 is 10.1 Å². The summed E-state index contributed by atoms with van der Waals surface area (Å²) in [6, 6.07) is 5.15. The molecule has 0 saturated heterocycles. The zero-order valence-electron chi connectivity index (χ0n) is 10.8. The highest BCUT2D eigenvalue weighted by molar-refractivity contribution is 5.87. The number of nitrogens with one attached hydrogen (secondary N) is 1. The second-order valence-electron chi connectivity index (χ2n) is 5.44. The van der Waals surface area contributed by atoms with E-state index in [0.29, 0.717) is 23.8 Å². The molecule has 0 spiro atoms. The molecule has 0 aliphatic heterocycles. The van der Waals surface area contributed by atoms with Crippen LogP contribution in [0.2, 0.25) is 0 Å². The first-order valence-corrected chi connectivity index (χ1v) is 6.56. The van der Waals surface area contributed by atoms with Crippen molar-refractivity contribution < 1.29 is 14.3 Å². The van der Waals surface area contributed by atoms with Crippen LogP contribution >= 0.6 is 0 Å². The number of fused-ring (bicyclic) bond motifs is 1. The maximum atomic E-state index is 14.7. The van der Waals surface area contributed by atoms with E-state index >= 15 is 0 Å². The number of aliphatic carboxylic acids is 1. The van der Waals surface area contributed by atoms with E-state index in [1.165, 1.54) is 0 Å². The molecule has 1 saturated carbocycles. The first-order valence-electron chi connectivity index (χ1n) is 6.56. The second-order valence-corrected chi connectivity index (χ2v) is 5.44. The standard InChI is InChI=1S/C15H16FNO2/c1-9-8-10-12(17-9)5-4-11(13(10)16)15(14(18)19)6-2-3-7-15/h4-5,8,17H,2-3,6-7H2,1H3,(H,18,19). The molecule has 0 amide bonds. The number of carbonyl (C=O) groups is 1. The number of halogens is 1. The summed E-state index contributed by atoms with van der Waals surface area (Å²) in [5.74, 6) is -1.29. The molecule has 0 bridgehead atoms. The van der Waals surface area contributed by atoms with Crippen LogP contribution in [0.25, 0.3) is 10.9 Å². The van der Waals surface area contributed by atoms with Crippen LogP contribution in [0.3, 0.4) is 0 Å². The van der Waals surface area contributed by atoms with Crippen LogP contribution in [-0.4, -0.2) is 16.1 Å². The van der Waals surface area contributed by atoms with Crippen LogP contribution in [0.15, 0.2) is 18.2 Å². The molecule has 0 unspecified atom stereocenters. The molecule has 1 aliphatic carbocycles. The van der Waals surface area contributed by atoms with Gasteiger partial charge in [0.1, 0.15) is 5.82 Å². The van der Waals surface area contributed by atoms with Crippen molar-refractivity contribution in [2.45, 2.75) is 38.0 Å². The summed E-state index contributed by atoms with van der Waals surface area (Å²) in [7, 11) is 0. The van der Waals surface area contributed by atoms with Gasteiger partial charge in [0.25, 0.3) is 0 Å². The number of carboxylic acid groups (broad SMARTS) is 1. The average molecular weight is 261 g/mol. The summed E-state index contributed by atoms with van der Waals surface area (Å²) in [6.45, 7) is 1.86. The maximum Gasteiger partial charge on any atom is 0.314 e. The van der Waals surface area contributed by atoms with E-state index in [1.807, 2.05) is 6.92 Å². The molecular weight excluding hydrogens is 245 g/mol. The van der Waals surface area contributed by atoms with E-state index in [0.717, 1.165) is 24.1 Å². The molecule has 3 rings (SSSR count). The quantitative estimate of drug-likeness (QED) is 0.869. The van der Waals surface area contributed by atoms with Crippen LogP contribution in [0.1, 0.15) is 36.9 Å². The Bertz CT molecular complexity index is 653. The second kappa shape index (κ2) is 4.08. The number of aromatic amines is 1. The van der Waals surface area contributed by atoms with Crippen molar-refractivity contribution >= 4 is 16.9 Å². The number of benzene rings is 1. The van der Waals surface area contributed by atoms with E-state index in [4.69, 9.17) is 0 Å². The molecule has 2 aromatic rings. The predicted molar refractivity (Wildman–Crippen MR) is 70.8 cm³/mol. The van der Waals surface area contributed by atoms with Crippen molar-refractivity contribution in [1.29, 1.82) is 0 Å². The van der Waals surface area contributed by atoms with Gasteiger partial charge in [-0.05, 0) is 31.9 Å². The summed E-state index contributed by atoms with van der Waals surface area (Å²) in [5.41, 5.74) is 0.895. The molecule has 19 heavy (non-hydrogen) atoms. The first-order chi connectivity index (χ1) is 9.04. The van der Waals surface area contributed by atoms with Gasteiger partial charge in [0.15, 0.2) is 0 Å². The molecule has 2 N–H and O–H groups in total. The van der Waals surface area contributed by atoms with Gasteiger partial charge in [-0.25, -0.2) is 4.39 Å². The highest BCUT2D eigenvalue weighted by Gasteiger charge is 2.44. The zero-order chi connectivity index (χ0) is 13.6. The molecule has 1 aromatic heterocycles. The van der Waals surface area contributed by atoms with Gasteiger partial charge in [0, 0.05) is 22.2 Å². The Hall–Kier alpha value is -1.84. The van der Waals surface area contributed by atoms with Crippen LogP contribution in [0.4, 0.5) is 4.39 Å². The lowest BCUT2D eigenvalue weighted by Gasteiger charge is -2.25. The van der Waals surface area contributed by atoms with Crippen molar-refractivity contribution in [2.24, 2.45) is 0 Å². The lowest BCUT2D eigenvalue weighted by atomic mass is 9.78. The van der Waals surface area contributed by atoms with E-state index < -0.39 is 11.4 Å². The Kier molecular flexibility index (Phi) is 2.62. The van der Waals surface area contributed by atoms with E-state index in [-0.39, 0.29) is 5.82 Å². The van der Waals surface area contributed by atoms with Gasteiger partial charge in [-0.1, -0.05) is 18.9 Å². The molecule has 1 heterocycles. The number of rotatable bonds is 2. The summed E-state index contributed by atoms with van der Waals surface area (Å²) in [6.07, 6.45) is 2.73. The summed E-state index contributed by atoms with van der Waals surface area (Å²) in [4.78, 5) is 14.7. The van der Waals surface area contributed by atoms with Crippen molar-refractivity contribution in [3.05, 3.63) is 35.3 Å². The summed E-state index contributed by atoms with van der Waals surface area (Å²) in [5, 5.41) is 10.0. The molecule has 1 fully saturated rings. The van der Waals surface area contributed by atoms with Crippen LogP contribution < -0.4 is 0 Å². The van der Waals surface area contributed by atoms with Crippen molar-refractivity contribution in [3.63, 3.8) is 0 Å². The highest BCUT2D eigenvalue weighted by atomic mass is 19.1. The fraction of sp³-hybridized carbons (Fsp3) is 0.400. The molecule has 0 radical (unpaired) electrons. The number of hydrogen-bond donors (Lipinski definition) is 2. The van der Waals surface area contributed by atoms with Crippen molar-refractivity contribution in [3.8, 4) is 0 Å². The lowest BCUT2D eigenvalue weighted by molar-refractivity contribution is -0.143. The third-order valence-corrected chi connectivity index (χ3v) is 4.25. The fourth-order valence-corrected chi connectivity index (χ4v) is 3.25. The Morgan fingerprint density at radius 1 is 1.37 bits per heavy atom. The minimum atomic E-state index is -1.04. The zero-order valence-corrected chi connectivity index (χ0v) is 10.8. The highest BCUT2D eigenvalue weighted by Crippen LogP contribution is 2.43. The average Bonchev–Trinajstić information content (AvgIpc) is 2.96. The molecule has 3 nitrogen and oxygen atoms in total. The topological polar surface area (TPSA) is 53.1 Å². The van der Waals surface area contributed by atoms with Crippen LogP contribution in [-0.2, 0) is 10.2 Å². The van der Waals surface area contributed by atoms with Gasteiger partial charge in [-0.15, -0.1) is 0 Å². The molecule has 4 heteroatoms. The Balaban J connectivity index is 2.24. The molecule has 1 aliphatic rings. The molecule has 1 aromatic carbocycles. The van der Waals surface area contributed by atoms with E-state index in [2.05, 4.69) is 4.98 Å². The number of aryl methyl sites for hydroxylation is 1. The monoisotopic (exact) mass is 261 g/mol. The predicted octanol–water partition coefficient (Wildman–Crippen LogP) is 3.51. The largest absolute Gasteiger partial charge is 0.481 e. The number of carboxylic acids is 1. The Morgan fingerprint density at radius 3 is 2.68 bits per heavy atom. The van der Waals surface area contributed by atoms with Gasteiger partial charge in [0.2, 0.25) is 0 Å². The SMILES string of the molecule is Cc1cc2c(F)c(C3(C(=O)O)CCCC3)ccc2[nH]1.